The molecule has 0 aromatic heterocycles. The molecule has 2 aliphatic heterocycles. The number of rotatable bonds is 6. The van der Waals surface area contributed by atoms with Crippen LogP contribution in [0, 0.1) is 5.92 Å². The van der Waals surface area contributed by atoms with Crippen LogP contribution in [0.25, 0.3) is 0 Å². The summed E-state index contributed by atoms with van der Waals surface area (Å²) < 4.78 is 5.86. The van der Waals surface area contributed by atoms with Crippen LogP contribution in [-0.4, -0.2) is 75.4 Å². The fourth-order valence-electron chi connectivity index (χ4n) is 3.12. The second-order valence-corrected chi connectivity index (χ2v) is 6.20. The third-order valence-electron chi connectivity index (χ3n) is 4.37. The Morgan fingerprint density at radius 1 is 1.21 bits per heavy atom. The number of ether oxygens (including phenoxy) is 1. The maximum absolute atomic E-state index is 5.86. The van der Waals surface area contributed by atoms with Gasteiger partial charge in [0.15, 0.2) is 0 Å². The molecule has 0 saturated carbocycles. The van der Waals surface area contributed by atoms with Crippen molar-refractivity contribution in [2.75, 3.05) is 59.5 Å². The van der Waals surface area contributed by atoms with Gasteiger partial charge in [0.25, 0.3) is 0 Å². The van der Waals surface area contributed by atoms with E-state index in [0.717, 1.165) is 32.2 Å². The molecule has 0 aromatic rings. The van der Waals surface area contributed by atoms with Crippen molar-refractivity contribution in [3.05, 3.63) is 0 Å². The zero-order chi connectivity index (χ0) is 13.5. The van der Waals surface area contributed by atoms with Crippen molar-refractivity contribution in [3.63, 3.8) is 0 Å². The Hall–Kier alpha value is -0.160. The van der Waals surface area contributed by atoms with Gasteiger partial charge in [-0.05, 0) is 58.4 Å². The van der Waals surface area contributed by atoms with E-state index in [4.69, 9.17) is 4.74 Å². The third-order valence-corrected chi connectivity index (χ3v) is 4.37. The molecule has 4 heteroatoms. The molecule has 2 aliphatic rings. The number of likely N-dealkylation sites (N-methyl/N-ethyl adjacent to an activating group) is 1. The van der Waals surface area contributed by atoms with Crippen LogP contribution in [0.1, 0.15) is 26.2 Å². The van der Waals surface area contributed by atoms with Crippen molar-refractivity contribution in [1.29, 1.82) is 0 Å². The van der Waals surface area contributed by atoms with Gasteiger partial charge >= 0.3 is 0 Å². The standard InChI is InChI=1S/C15H31N3O/c1-3-6-16-11-14-4-7-18(8-5-14)13-15-12-17(2)9-10-19-15/h14-16H,3-13H2,1-2H3. The Bertz CT molecular complexity index is 242. The Labute approximate surface area is 118 Å². The van der Waals surface area contributed by atoms with Crippen LogP contribution < -0.4 is 5.32 Å². The number of piperidine rings is 1. The highest BCUT2D eigenvalue weighted by atomic mass is 16.5. The zero-order valence-corrected chi connectivity index (χ0v) is 12.7. The number of likely N-dealkylation sites (tertiary alicyclic amines) is 1. The second kappa shape index (κ2) is 8.20. The summed E-state index contributed by atoms with van der Waals surface area (Å²) in [6, 6.07) is 0. The van der Waals surface area contributed by atoms with E-state index in [1.54, 1.807) is 0 Å². The predicted molar refractivity (Wildman–Crippen MR) is 79.6 cm³/mol. The van der Waals surface area contributed by atoms with E-state index in [9.17, 15) is 0 Å². The first-order valence-corrected chi connectivity index (χ1v) is 8.01. The zero-order valence-electron chi connectivity index (χ0n) is 12.7. The molecule has 2 fully saturated rings. The van der Waals surface area contributed by atoms with Gasteiger partial charge in [0.05, 0.1) is 12.7 Å². The smallest absolute Gasteiger partial charge is 0.0829 e. The lowest BCUT2D eigenvalue weighted by Crippen LogP contribution is -2.48. The van der Waals surface area contributed by atoms with Gasteiger partial charge in [0.2, 0.25) is 0 Å². The molecule has 0 radical (unpaired) electrons. The van der Waals surface area contributed by atoms with Crippen LogP contribution in [-0.2, 0) is 4.74 Å². The van der Waals surface area contributed by atoms with Crippen molar-refractivity contribution in [2.24, 2.45) is 5.92 Å². The van der Waals surface area contributed by atoms with Crippen LogP contribution in [0.15, 0.2) is 0 Å². The van der Waals surface area contributed by atoms with E-state index in [1.165, 1.54) is 45.4 Å². The summed E-state index contributed by atoms with van der Waals surface area (Å²) in [7, 11) is 2.20. The number of nitrogens with zero attached hydrogens (tertiary/aromatic N) is 2. The van der Waals surface area contributed by atoms with Crippen LogP contribution in [0.5, 0.6) is 0 Å². The Morgan fingerprint density at radius 2 is 2.00 bits per heavy atom. The molecule has 19 heavy (non-hydrogen) atoms. The fraction of sp³-hybridized carbons (Fsp3) is 1.00. The first-order chi connectivity index (χ1) is 9.28. The predicted octanol–water partition coefficient (Wildman–Crippen LogP) is 1.03. The van der Waals surface area contributed by atoms with Crippen molar-refractivity contribution < 1.29 is 4.74 Å². The van der Waals surface area contributed by atoms with E-state index in [2.05, 4.69) is 29.1 Å². The molecule has 1 N–H and O–H groups in total. The molecule has 2 saturated heterocycles. The lowest BCUT2D eigenvalue weighted by molar-refractivity contribution is -0.0393. The summed E-state index contributed by atoms with van der Waals surface area (Å²) in [5, 5.41) is 3.56. The maximum Gasteiger partial charge on any atom is 0.0829 e. The minimum atomic E-state index is 0.425. The SMILES string of the molecule is CCCNCC1CCN(CC2CN(C)CCO2)CC1. The quantitative estimate of drug-likeness (QED) is 0.729. The van der Waals surface area contributed by atoms with Crippen LogP contribution in [0.4, 0.5) is 0 Å². The van der Waals surface area contributed by atoms with Crippen molar-refractivity contribution in [2.45, 2.75) is 32.3 Å². The largest absolute Gasteiger partial charge is 0.374 e. The second-order valence-electron chi connectivity index (χ2n) is 6.20. The summed E-state index contributed by atoms with van der Waals surface area (Å²) in [4.78, 5) is 4.98. The van der Waals surface area contributed by atoms with E-state index < -0.39 is 0 Å². The summed E-state index contributed by atoms with van der Waals surface area (Å²) in [6.07, 6.45) is 4.36. The van der Waals surface area contributed by atoms with Crippen molar-refractivity contribution in [1.82, 2.24) is 15.1 Å². The minimum Gasteiger partial charge on any atom is -0.374 e. The van der Waals surface area contributed by atoms with E-state index in [-0.39, 0.29) is 0 Å². The molecule has 0 spiro atoms. The number of hydrogen-bond donors (Lipinski definition) is 1. The summed E-state index contributed by atoms with van der Waals surface area (Å²) in [5.74, 6) is 0.887. The van der Waals surface area contributed by atoms with Gasteiger partial charge in [-0.1, -0.05) is 6.92 Å². The lowest BCUT2D eigenvalue weighted by atomic mass is 9.96. The number of morpholine rings is 1. The van der Waals surface area contributed by atoms with Gasteiger partial charge in [0, 0.05) is 19.6 Å². The first-order valence-electron chi connectivity index (χ1n) is 8.01. The molecular weight excluding hydrogens is 238 g/mol. The van der Waals surface area contributed by atoms with Gasteiger partial charge in [-0.3, -0.25) is 0 Å². The van der Waals surface area contributed by atoms with Gasteiger partial charge in [0.1, 0.15) is 0 Å². The van der Waals surface area contributed by atoms with Crippen molar-refractivity contribution >= 4 is 0 Å². The highest BCUT2D eigenvalue weighted by molar-refractivity contribution is 4.78. The molecule has 4 nitrogen and oxygen atoms in total. The fourth-order valence-corrected chi connectivity index (χ4v) is 3.12. The molecule has 1 atom stereocenters. The topological polar surface area (TPSA) is 27.7 Å². The summed E-state index contributed by atoms with van der Waals surface area (Å²) in [6.45, 7) is 11.3. The molecule has 2 rings (SSSR count). The van der Waals surface area contributed by atoms with Crippen LogP contribution >= 0.6 is 0 Å². The Kier molecular flexibility index (Phi) is 6.57. The Balaban J connectivity index is 1.60. The normalized spacial score (nSPS) is 27.8. The van der Waals surface area contributed by atoms with Gasteiger partial charge < -0.3 is 19.9 Å². The highest BCUT2D eigenvalue weighted by Gasteiger charge is 2.24. The van der Waals surface area contributed by atoms with Gasteiger partial charge in [-0.25, -0.2) is 0 Å². The molecule has 1 unspecified atom stereocenters. The molecule has 112 valence electrons. The lowest BCUT2D eigenvalue weighted by Gasteiger charge is -2.37. The number of nitrogens with one attached hydrogen (secondary N) is 1. The van der Waals surface area contributed by atoms with Crippen LogP contribution in [0.2, 0.25) is 0 Å². The van der Waals surface area contributed by atoms with E-state index in [1.807, 2.05) is 0 Å². The van der Waals surface area contributed by atoms with E-state index in [0.29, 0.717) is 6.10 Å². The van der Waals surface area contributed by atoms with Crippen LogP contribution in [0.3, 0.4) is 0 Å². The monoisotopic (exact) mass is 269 g/mol. The molecule has 0 bridgehead atoms. The Morgan fingerprint density at radius 3 is 2.68 bits per heavy atom. The molecule has 0 amide bonds. The van der Waals surface area contributed by atoms with Gasteiger partial charge in [-0.15, -0.1) is 0 Å². The highest BCUT2D eigenvalue weighted by Crippen LogP contribution is 2.17. The van der Waals surface area contributed by atoms with E-state index >= 15 is 0 Å². The maximum atomic E-state index is 5.86. The molecule has 2 heterocycles. The summed E-state index contributed by atoms with van der Waals surface area (Å²) in [5.41, 5.74) is 0. The molecule has 0 aliphatic carbocycles. The molecule has 0 aromatic carbocycles. The first kappa shape index (κ1) is 15.2. The number of hydrogen-bond acceptors (Lipinski definition) is 4. The molecular formula is C15H31N3O. The summed E-state index contributed by atoms with van der Waals surface area (Å²) >= 11 is 0. The van der Waals surface area contributed by atoms with Crippen molar-refractivity contribution in [3.8, 4) is 0 Å². The van der Waals surface area contributed by atoms with Gasteiger partial charge in [-0.2, -0.15) is 0 Å². The third kappa shape index (κ3) is 5.38. The minimum absolute atomic E-state index is 0.425. The average Bonchev–Trinajstić information content (AvgIpc) is 2.41. The average molecular weight is 269 g/mol.